The van der Waals surface area contributed by atoms with Crippen molar-refractivity contribution in [2.75, 3.05) is 12.4 Å². The standard InChI is InChI=1S/C18H15N3O2/c1-23-16-7-3-6-15-18(16)13(11-20-15)9-17(22)21-14-5-2-4-12(8-14)10-19/h2-8,11,20H,9H2,1H3,(H,21,22). The first kappa shape index (κ1) is 14.7. The number of amides is 1. The molecular weight excluding hydrogens is 290 g/mol. The van der Waals surface area contributed by atoms with Crippen LogP contribution in [0.2, 0.25) is 0 Å². The average Bonchev–Trinajstić information content (AvgIpc) is 2.98. The van der Waals surface area contributed by atoms with Gasteiger partial charge in [0.1, 0.15) is 5.75 Å². The second-order valence-electron chi connectivity index (χ2n) is 5.11. The molecule has 0 bridgehead atoms. The Balaban J connectivity index is 1.82. The van der Waals surface area contributed by atoms with Crippen LogP contribution in [0, 0.1) is 11.3 Å². The van der Waals surface area contributed by atoms with E-state index < -0.39 is 0 Å². The summed E-state index contributed by atoms with van der Waals surface area (Å²) in [4.78, 5) is 15.4. The number of carbonyl (C=O) groups is 1. The van der Waals surface area contributed by atoms with Crippen molar-refractivity contribution < 1.29 is 9.53 Å². The number of benzene rings is 2. The normalized spacial score (nSPS) is 10.3. The molecule has 5 nitrogen and oxygen atoms in total. The fourth-order valence-electron chi connectivity index (χ4n) is 2.57. The Labute approximate surface area is 133 Å². The maximum Gasteiger partial charge on any atom is 0.228 e. The summed E-state index contributed by atoms with van der Waals surface area (Å²) in [6, 6.07) is 14.6. The number of H-pyrrole nitrogens is 1. The molecule has 3 aromatic rings. The van der Waals surface area contributed by atoms with Gasteiger partial charge in [0.05, 0.1) is 25.2 Å². The molecular formula is C18H15N3O2. The topological polar surface area (TPSA) is 77.9 Å². The largest absolute Gasteiger partial charge is 0.496 e. The SMILES string of the molecule is COc1cccc2[nH]cc(CC(=O)Nc3cccc(C#N)c3)c12. The van der Waals surface area contributed by atoms with Gasteiger partial charge in [-0.25, -0.2) is 0 Å². The van der Waals surface area contributed by atoms with Crippen LogP contribution >= 0.6 is 0 Å². The van der Waals surface area contributed by atoms with E-state index in [1.165, 1.54) is 0 Å². The first-order valence-electron chi connectivity index (χ1n) is 7.14. The van der Waals surface area contributed by atoms with Gasteiger partial charge < -0.3 is 15.0 Å². The third kappa shape index (κ3) is 3.01. The molecule has 0 fully saturated rings. The van der Waals surface area contributed by atoms with Crippen LogP contribution in [0.1, 0.15) is 11.1 Å². The van der Waals surface area contributed by atoms with Crippen molar-refractivity contribution in [3.63, 3.8) is 0 Å². The number of nitriles is 1. The Morgan fingerprint density at radius 1 is 1.30 bits per heavy atom. The molecule has 0 spiro atoms. The van der Waals surface area contributed by atoms with Crippen LogP contribution in [-0.2, 0) is 11.2 Å². The number of hydrogen-bond acceptors (Lipinski definition) is 3. The van der Waals surface area contributed by atoms with Crippen molar-refractivity contribution in [2.24, 2.45) is 0 Å². The van der Waals surface area contributed by atoms with Crippen molar-refractivity contribution in [3.05, 3.63) is 59.8 Å². The van der Waals surface area contributed by atoms with Gasteiger partial charge in [-0.15, -0.1) is 0 Å². The van der Waals surface area contributed by atoms with Gasteiger partial charge in [-0.3, -0.25) is 4.79 Å². The van der Waals surface area contributed by atoms with Crippen LogP contribution in [0.5, 0.6) is 5.75 Å². The molecule has 23 heavy (non-hydrogen) atoms. The Morgan fingerprint density at radius 3 is 2.91 bits per heavy atom. The Kier molecular flexibility index (Phi) is 3.98. The molecule has 1 aromatic heterocycles. The average molecular weight is 305 g/mol. The number of anilines is 1. The minimum absolute atomic E-state index is 0.146. The van der Waals surface area contributed by atoms with E-state index in [-0.39, 0.29) is 12.3 Å². The van der Waals surface area contributed by atoms with Crippen molar-refractivity contribution in [1.29, 1.82) is 5.26 Å². The number of ether oxygens (including phenoxy) is 1. The number of methoxy groups -OCH3 is 1. The van der Waals surface area contributed by atoms with E-state index in [0.29, 0.717) is 11.3 Å². The van der Waals surface area contributed by atoms with Crippen molar-refractivity contribution in [2.45, 2.75) is 6.42 Å². The van der Waals surface area contributed by atoms with Crippen LogP contribution in [0.15, 0.2) is 48.7 Å². The molecule has 0 atom stereocenters. The van der Waals surface area contributed by atoms with Gasteiger partial charge in [0, 0.05) is 22.8 Å². The lowest BCUT2D eigenvalue weighted by Crippen LogP contribution is -2.14. The fraction of sp³-hybridized carbons (Fsp3) is 0.111. The molecule has 0 saturated carbocycles. The number of fused-ring (bicyclic) bond motifs is 1. The molecule has 0 aliphatic heterocycles. The molecule has 0 unspecified atom stereocenters. The van der Waals surface area contributed by atoms with E-state index >= 15 is 0 Å². The second-order valence-corrected chi connectivity index (χ2v) is 5.11. The summed E-state index contributed by atoms with van der Waals surface area (Å²) in [6.45, 7) is 0. The Morgan fingerprint density at radius 2 is 2.13 bits per heavy atom. The summed E-state index contributed by atoms with van der Waals surface area (Å²) in [5.74, 6) is 0.588. The molecule has 1 amide bonds. The van der Waals surface area contributed by atoms with E-state index in [9.17, 15) is 4.79 Å². The van der Waals surface area contributed by atoms with Gasteiger partial charge in [-0.2, -0.15) is 5.26 Å². The first-order valence-corrected chi connectivity index (χ1v) is 7.14. The van der Waals surface area contributed by atoms with Crippen molar-refractivity contribution >= 4 is 22.5 Å². The van der Waals surface area contributed by atoms with E-state index in [1.54, 1.807) is 31.4 Å². The zero-order valence-electron chi connectivity index (χ0n) is 12.6. The van der Waals surface area contributed by atoms with Crippen LogP contribution in [0.3, 0.4) is 0 Å². The third-order valence-corrected chi connectivity index (χ3v) is 3.60. The zero-order valence-corrected chi connectivity index (χ0v) is 12.6. The monoisotopic (exact) mass is 305 g/mol. The van der Waals surface area contributed by atoms with Crippen molar-refractivity contribution in [3.8, 4) is 11.8 Å². The van der Waals surface area contributed by atoms with Crippen molar-refractivity contribution in [1.82, 2.24) is 4.98 Å². The Bertz CT molecular complexity index is 906. The highest BCUT2D eigenvalue weighted by atomic mass is 16.5. The third-order valence-electron chi connectivity index (χ3n) is 3.60. The number of aromatic amines is 1. The van der Waals surface area contributed by atoms with Gasteiger partial charge in [-0.05, 0) is 35.9 Å². The molecule has 0 saturated heterocycles. The summed E-state index contributed by atoms with van der Waals surface area (Å²) < 4.78 is 5.37. The van der Waals surface area contributed by atoms with E-state index in [4.69, 9.17) is 10.00 Å². The molecule has 0 aliphatic rings. The number of aromatic nitrogens is 1. The summed E-state index contributed by atoms with van der Waals surface area (Å²) >= 11 is 0. The maximum absolute atomic E-state index is 12.3. The van der Waals surface area contributed by atoms with E-state index in [0.717, 1.165) is 22.2 Å². The zero-order chi connectivity index (χ0) is 16.2. The van der Waals surface area contributed by atoms with Gasteiger partial charge in [0.2, 0.25) is 5.91 Å². The predicted octanol–water partition coefficient (Wildman–Crippen LogP) is 3.23. The van der Waals surface area contributed by atoms with Crippen LogP contribution in [0.4, 0.5) is 5.69 Å². The lowest BCUT2D eigenvalue weighted by molar-refractivity contribution is -0.115. The lowest BCUT2D eigenvalue weighted by atomic mass is 10.1. The highest BCUT2D eigenvalue weighted by molar-refractivity contribution is 5.97. The predicted molar refractivity (Wildman–Crippen MR) is 88.3 cm³/mol. The highest BCUT2D eigenvalue weighted by Gasteiger charge is 2.12. The molecule has 2 N–H and O–H groups in total. The van der Waals surface area contributed by atoms with Gasteiger partial charge in [-0.1, -0.05) is 12.1 Å². The summed E-state index contributed by atoms with van der Waals surface area (Å²) in [6.07, 6.45) is 2.04. The fourth-order valence-corrected chi connectivity index (χ4v) is 2.57. The number of rotatable bonds is 4. The number of carbonyl (C=O) groups excluding carboxylic acids is 1. The molecule has 0 aliphatic carbocycles. The highest BCUT2D eigenvalue weighted by Crippen LogP contribution is 2.28. The number of hydrogen-bond donors (Lipinski definition) is 2. The second kappa shape index (κ2) is 6.24. The van der Waals surface area contributed by atoms with Gasteiger partial charge in [0.25, 0.3) is 0 Å². The number of nitrogens with one attached hydrogen (secondary N) is 2. The van der Waals surface area contributed by atoms with Gasteiger partial charge in [0.15, 0.2) is 0 Å². The molecule has 5 heteroatoms. The first-order chi connectivity index (χ1) is 11.2. The molecule has 0 radical (unpaired) electrons. The Hall–Kier alpha value is -3.26. The smallest absolute Gasteiger partial charge is 0.228 e. The number of nitrogens with zero attached hydrogens (tertiary/aromatic N) is 1. The molecule has 1 heterocycles. The molecule has 3 rings (SSSR count). The van der Waals surface area contributed by atoms with Crippen LogP contribution in [0.25, 0.3) is 10.9 Å². The molecule has 114 valence electrons. The van der Waals surface area contributed by atoms with E-state index in [1.807, 2.05) is 24.4 Å². The maximum atomic E-state index is 12.3. The van der Waals surface area contributed by atoms with Gasteiger partial charge >= 0.3 is 0 Å². The summed E-state index contributed by atoms with van der Waals surface area (Å²) in [7, 11) is 1.61. The lowest BCUT2D eigenvalue weighted by Gasteiger charge is -2.07. The van der Waals surface area contributed by atoms with E-state index in [2.05, 4.69) is 16.4 Å². The minimum atomic E-state index is -0.146. The summed E-state index contributed by atoms with van der Waals surface area (Å²) in [5.41, 5.74) is 2.92. The minimum Gasteiger partial charge on any atom is -0.496 e. The van der Waals surface area contributed by atoms with Crippen LogP contribution < -0.4 is 10.1 Å². The molecule has 2 aromatic carbocycles. The van der Waals surface area contributed by atoms with Crippen LogP contribution in [-0.4, -0.2) is 18.0 Å². The quantitative estimate of drug-likeness (QED) is 0.776. The summed E-state index contributed by atoms with van der Waals surface area (Å²) in [5, 5.41) is 12.6.